The number of aliphatic hydroxyl groups is 1. The molecule has 2 aromatic carbocycles. The molecular weight excluding hydrogens is 338 g/mol. The highest BCUT2D eigenvalue weighted by atomic mass is 79.9. The zero-order chi connectivity index (χ0) is 14.5. The minimum atomic E-state index is -0.544. The fourth-order valence-electron chi connectivity index (χ4n) is 2.06. The van der Waals surface area contributed by atoms with Gasteiger partial charge in [-0.3, -0.25) is 0 Å². The largest absolute Gasteiger partial charge is 0.387 e. The number of hydrogen-bond donors (Lipinski definition) is 2. The summed E-state index contributed by atoms with van der Waals surface area (Å²) in [7, 11) is 0. The van der Waals surface area contributed by atoms with Gasteiger partial charge in [0.2, 0.25) is 0 Å². The van der Waals surface area contributed by atoms with Gasteiger partial charge in [-0.05, 0) is 36.2 Å². The summed E-state index contributed by atoms with van der Waals surface area (Å²) < 4.78 is 0.966. The molecule has 0 spiro atoms. The Kier molecular flexibility index (Phi) is 5.61. The predicted octanol–water partition coefficient (Wildman–Crippen LogP) is 4.49. The van der Waals surface area contributed by atoms with Gasteiger partial charge >= 0.3 is 0 Å². The van der Waals surface area contributed by atoms with Gasteiger partial charge < -0.3 is 10.4 Å². The van der Waals surface area contributed by atoms with Gasteiger partial charge in [0.1, 0.15) is 0 Å². The zero-order valence-corrected chi connectivity index (χ0v) is 13.5. The maximum atomic E-state index is 10.2. The molecule has 2 N–H and O–H groups in total. The van der Waals surface area contributed by atoms with Crippen LogP contribution in [0.1, 0.15) is 30.2 Å². The molecule has 0 saturated heterocycles. The highest BCUT2D eigenvalue weighted by Crippen LogP contribution is 2.23. The van der Waals surface area contributed by atoms with Crippen molar-refractivity contribution in [3.63, 3.8) is 0 Å². The van der Waals surface area contributed by atoms with Gasteiger partial charge in [-0.15, -0.1) is 0 Å². The lowest BCUT2D eigenvalue weighted by atomic mass is 10.1. The molecule has 2 nitrogen and oxygen atoms in total. The third kappa shape index (κ3) is 4.06. The summed E-state index contributed by atoms with van der Waals surface area (Å²) in [5.74, 6) is 0. The first-order valence-electron chi connectivity index (χ1n) is 6.49. The molecule has 0 heterocycles. The molecule has 0 amide bonds. The Balaban J connectivity index is 1.97. The summed E-state index contributed by atoms with van der Waals surface area (Å²) in [6, 6.07) is 15.5. The summed E-state index contributed by atoms with van der Waals surface area (Å²) >= 11 is 9.57. The molecule has 0 bridgehead atoms. The van der Waals surface area contributed by atoms with Crippen LogP contribution >= 0.6 is 27.5 Å². The number of hydrogen-bond acceptors (Lipinski definition) is 2. The topological polar surface area (TPSA) is 32.3 Å². The van der Waals surface area contributed by atoms with E-state index in [1.54, 1.807) is 0 Å². The van der Waals surface area contributed by atoms with Gasteiger partial charge in [-0.25, -0.2) is 0 Å². The lowest BCUT2D eigenvalue weighted by Gasteiger charge is -2.18. The molecule has 0 aliphatic carbocycles. The fourth-order valence-corrected chi connectivity index (χ4v) is 2.77. The van der Waals surface area contributed by atoms with Crippen LogP contribution in [-0.2, 0) is 0 Å². The summed E-state index contributed by atoms with van der Waals surface area (Å²) in [5, 5.41) is 14.2. The van der Waals surface area contributed by atoms with Crippen molar-refractivity contribution in [2.24, 2.45) is 0 Å². The first kappa shape index (κ1) is 15.5. The third-order valence-electron chi connectivity index (χ3n) is 3.22. The Morgan fingerprint density at radius 2 is 1.95 bits per heavy atom. The first-order valence-corrected chi connectivity index (χ1v) is 7.66. The predicted molar refractivity (Wildman–Crippen MR) is 87.0 cm³/mol. The standard InChI is InChI=1S/C16H17BrClNO/c1-11(14-7-2-3-8-15(14)18)19-10-16(20)12-5-4-6-13(17)9-12/h2-9,11,16,19-20H,10H2,1H3. The number of rotatable bonds is 5. The Bertz CT molecular complexity index is 576. The highest BCUT2D eigenvalue weighted by molar-refractivity contribution is 9.10. The lowest BCUT2D eigenvalue weighted by molar-refractivity contribution is 0.170. The number of aliphatic hydroxyl groups excluding tert-OH is 1. The Labute approximate surface area is 132 Å². The molecule has 4 heteroatoms. The Morgan fingerprint density at radius 1 is 1.20 bits per heavy atom. The summed E-state index contributed by atoms with van der Waals surface area (Å²) in [5.41, 5.74) is 1.92. The van der Waals surface area contributed by atoms with Crippen LogP contribution in [0.4, 0.5) is 0 Å². The minimum Gasteiger partial charge on any atom is -0.387 e. The Morgan fingerprint density at radius 3 is 2.65 bits per heavy atom. The maximum Gasteiger partial charge on any atom is 0.0914 e. The molecule has 0 saturated carbocycles. The summed E-state index contributed by atoms with van der Waals surface area (Å²) in [6.07, 6.45) is -0.544. The molecule has 2 atom stereocenters. The van der Waals surface area contributed by atoms with Crippen LogP contribution in [0.3, 0.4) is 0 Å². The van der Waals surface area contributed by atoms with E-state index in [-0.39, 0.29) is 6.04 Å². The van der Waals surface area contributed by atoms with Gasteiger partial charge in [-0.2, -0.15) is 0 Å². The van der Waals surface area contributed by atoms with Gasteiger partial charge in [0, 0.05) is 22.1 Å². The van der Waals surface area contributed by atoms with Crippen molar-refractivity contribution >= 4 is 27.5 Å². The van der Waals surface area contributed by atoms with Gasteiger partial charge in [-0.1, -0.05) is 57.9 Å². The van der Waals surface area contributed by atoms with Crippen molar-refractivity contribution in [2.45, 2.75) is 19.1 Å². The fraction of sp³-hybridized carbons (Fsp3) is 0.250. The van der Waals surface area contributed by atoms with Crippen LogP contribution in [-0.4, -0.2) is 11.7 Å². The van der Waals surface area contributed by atoms with E-state index in [1.165, 1.54) is 0 Å². The van der Waals surface area contributed by atoms with E-state index < -0.39 is 6.10 Å². The minimum absolute atomic E-state index is 0.0884. The molecule has 2 rings (SSSR count). The van der Waals surface area contributed by atoms with Crippen molar-refractivity contribution in [3.05, 3.63) is 69.2 Å². The van der Waals surface area contributed by atoms with E-state index in [0.717, 1.165) is 20.6 Å². The van der Waals surface area contributed by atoms with E-state index in [0.29, 0.717) is 6.54 Å². The number of nitrogens with one attached hydrogen (secondary N) is 1. The second kappa shape index (κ2) is 7.23. The normalized spacial score (nSPS) is 14.0. The molecule has 2 aromatic rings. The average Bonchev–Trinajstić information content (AvgIpc) is 2.45. The number of halogens is 2. The van der Waals surface area contributed by atoms with Crippen LogP contribution in [0.15, 0.2) is 53.0 Å². The summed E-state index contributed by atoms with van der Waals surface area (Å²) in [6.45, 7) is 2.51. The third-order valence-corrected chi connectivity index (χ3v) is 4.06. The van der Waals surface area contributed by atoms with Gasteiger partial charge in [0.25, 0.3) is 0 Å². The highest BCUT2D eigenvalue weighted by Gasteiger charge is 2.12. The van der Waals surface area contributed by atoms with Crippen molar-refractivity contribution in [3.8, 4) is 0 Å². The molecule has 2 unspecified atom stereocenters. The van der Waals surface area contributed by atoms with E-state index in [4.69, 9.17) is 11.6 Å². The first-order chi connectivity index (χ1) is 9.58. The quantitative estimate of drug-likeness (QED) is 0.829. The smallest absolute Gasteiger partial charge is 0.0914 e. The molecule has 0 radical (unpaired) electrons. The zero-order valence-electron chi connectivity index (χ0n) is 11.2. The lowest BCUT2D eigenvalue weighted by Crippen LogP contribution is -2.24. The van der Waals surface area contributed by atoms with E-state index >= 15 is 0 Å². The SMILES string of the molecule is CC(NCC(O)c1cccc(Br)c1)c1ccccc1Cl. The number of benzene rings is 2. The van der Waals surface area contributed by atoms with E-state index in [2.05, 4.69) is 21.2 Å². The monoisotopic (exact) mass is 353 g/mol. The molecule has 0 aromatic heterocycles. The van der Waals surface area contributed by atoms with Crippen molar-refractivity contribution < 1.29 is 5.11 Å². The molecule has 106 valence electrons. The van der Waals surface area contributed by atoms with E-state index in [9.17, 15) is 5.11 Å². The molecule has 0 aliphatic rings. The summed E-state index contributed by atoms with van der Waals surface area (Å²) in [4.78, 5) is 0. The van der Waals surface area contributed by atoms with Gasteiger partial charge in [0.05, 0.1) is 6.10 Å². The van der Waals surface area contributed by atoms with Crippen LogP contribution in [0.25, 0.3) is 0 Å². The average molecular weight is 355 g/mol. The van der Waals surface area contributed by atoms with Crippen molar-refractivity contribution in [1.82, 2.24) is 5.32 Å². The van der Waals surface area contributed by atoms with Gasteiger partial charge in [0.15, 0.2) is 0 Å². The van der Waals surface area contributed by atoms with Crippen molar-refractivity contribution in [1.29, 1.82) is 0 Å². The Hall–Kier alpha value is -0.870. The second-order valence-corrected chi connectivity index (χ2v) is 6.05. The maximum absolute atomic E-state index is 10.2. The molecule has 20 heavy (non-hydrogen) atoms. The van der Waals surface area contributed by atoms with Crippen LogP contribution < -0.4 is 5.32 Å². The van der Waals surface area contributed by atoms with Crippen LogP contribution in [0.2, 0.25) is 5.02 Å². The molecule has 0 fully saturated rings. The van der Waals surface area contributed by atoms with Crippen LogP contribution in [0.5, 0.6) is 0 Å². The van der Waals surface area contributed by atoms with Crippen molar-refractivity contribution in [2.75, 3.05) is 6.54 Å². The second-order valence-electron chi connectivity index (χ2n) is 4.72. The molecule has 0 aliphatic heterocycles. The van der Waals surface area contributed by atoms with E-state index in [1.807, 2.05) is 55.5 Å². The van der Waals surface area contributed by atoms with Crippen LogP contribution in [0, 0.1) is 0 Å². The molecular formula is C16H17BrClNO.